The maximum atomic E-state index is 12.7. The molecule has 0 aliphatic carbocycles. The van der Waals surface area contributed by atoms with Crippen molar-refractivity contribution in [2.45, 2.75) is 13.5 Å². The maximum absolute atomic E-state index is 12.7. The van der Waals surface area contributed by atoms with Gasteiger partial charge in [-0.25, -0.2) is 4.79 Å². The molecule has 3 rings (SSSR count). The Kier molecular flexibility index (Phi) is 8.23. The second-order valence-electron chi connectivity index (χ2n) is 7.38. The summed E-state index contributed by atoms with van der Waals surface area (Å²) in [5, 5.41) is 5.46. The lowest BCUT2D eigenvalue weighted by atomic mass is 10.1. The molecule has 8 heteroatoms. The Morgan fingerprint density at radius 2 is 1.47 bits per heavy atom. The fourth-order valence-electron chi connectivity index (χ4n) is 3.22. The fourth-order valence-corrected chi connectivity index (χ4v) is 3.22. The zero-order chi connectivity index (χ0) is 24.5. The molecule has 0 saturated heterocycles. The first-order valence-corrected chi connectivity index (χ1v) is 10.5. The van der Waals surface area contributed by atoms with E-state index in [2.05, 4.69) is 10.6 Å². The molecule has 0 spiro atoms. The predicted octanol–water partition coefficient (Wildman–Crippen LogP) is 3.74. The minimum absolute atomic E-state index is 0.0798. The van der Waals surface area contributed by atoms with Gasteiger partial charge in [0.2, 0.25) is 0 Å². The van der Waals surface area contributed by atoms with Gasteiger partial charge in [0.05, 0.1) is 25.5 Å². The number of benzene rings is 3. The summed E-state index contributed by atoms with van der Waals surface area (Å²) in [6.07, 6.45) is 0. The lowest BCUT2D eigenvalue weighted by Gasteiger charge is -2.13. The van der Waals surface area contributed by atoms with Crippen LogP contribution in [0.4, 0.5) is 5.69 Å². The summed E-state index contributed by atoms with van der Waals surface area (Å²) >= 11 is 0. The van der Waals surface area contributed by atoms with E-state index in [1.807, 2.05) is 31.2 Å². The number of hydrogen-bond acceptors (Lipinski definition) is 6. The number of aryl methyl sites for hydroxylation is 1. The number of carbonyl (C=O) groups is 3. The van der Waals surface area contributed by atoms with Crippen molar-refractivity contribution in [2.24, 2.45) is 0 Å². The molecule has 0 aromatic heterocycles. The van der Waals surface area contributed by atoms with Crippen LogP contribution >= 0.6 is 0 Å². The minimum Gasteiger partial charge on any atom is -0.496 e. The van der Waals surface area contributed by atoms with Crippen LogP contribution in [0.25, 0.3) is 0 Å². The lowest BCUT2D eigenvalue weighted by molar-refractivity contribution is -0.119. The van der Waals surface area contributed by atoms with Crippen LogP contribution in [0.5, 0.6) is 11.5 Å². The Hall–Kier alpha value is -4.33. The topological polar surface area (TPSA) is 103 Å². The third-order valence-corrected chi connectivity index (χ3v) is 4.99. The third-order valence-electron chi connectivity index (χ3n) is 4.99. The predicted molar refractivity (Wildman–Crippen MR) is 127 cm³/mol. The number of amides is 2. The Morgan fingerprint density at radius 1 is 0.824 bits per heavy atom. The number of rotatable bonds is 9. The smallest absolute Gasteiger partial charge is 0.346 e. The molecule has 8 nitrogen and oxygen atoms in total. The van der Waals surface area contributed by atoms with Crippen molar-refractivity contribution in [2.75, 3.05) is 26.1 Å². The highest BCUT2D eigenvalue weighted by Gasteiger charge is 2.21. The largest absolute Gasteiger partial charge is 0.496 e. The molecule has 0 saturated carbocycles. The number of hydrogen-bond donors (Lipinski definition) is 2. The molecule has 3 aromatic rings. The summed E-state index contributed by atoms with van der Waals surface area (Å²) in [6, 6.07) is 19.3. The second-order valence-corrected chi connectivity index (χ2v) is 7.38. The average Bonchev–Trinajstić information content (AvgIpc) is 2.86. The first-order chi connectivity index (χ1) is 16.4. The van der Waals surface area contributed by atoms with Gasteiger partial charge >= 0.3 is 5.97 Å². The molecule has 0 heterocycles. The highest BCUT2D eigenvalue weighted by atomic mass is 16.5. The molecule has 0 aliphatic heterocycles. The molecule has 34 heavy (non-hydrogen) atoms. The zero-order valence-electron chi connectivity index (χ0n) is 19.2. The molecule has 0 bridgehead atoms. The van der Waals surface area contributed by atoms with Gasteiger partial charge in [0.1, 0.15) is 17.1 Å². The quantitative estimate of drug-likeness (QED) is 0.470. The van der Waals surface area contributed by atoms with E-state index < -0.39 is 18.5 Å². The maximum Gasteiger partial charge on any atom is 0.346 e. The summed E-state index contributed by atoms with van der Waals surface area (Å²) in [4.78, 5) is 37.7. The molecular weight excluding hydrogens is 436 g/mol. The van der Waals surface area contributed by atoms with Crippen molar-refractivity contribution in [1.29, 1.82) is 0 Å². The first kappa shape index (κ1) is 24.3. The van der Waals surface area contributed by atoms with Crippen molar-refractivity contribution >= 4 is 23.5 Å². The van der Waals surface area contributed by atoms with E-state index >= 15 is 0 Å². The molecule has 3 aromatic carbocycles. The van der Waals surface area contributed by atoms with E-state index in [0.29, 0.717) is 17.8 Å². The fraction of sp³-hybridized carbons (Fsp3) is 0.192. The summed E-state index contributed by atoms with van der Waals surface area (Å²) in [5.74, 6) is -1.18. The van der Waals surface area contributed by atoms with Crippen molar-refractivity contribution < 1.29 is 28.6 Å². The van der Waals surface area contributed by atoms with Crippen LogP contribution in [0, 0.1) is 6.92 Å². The van der Waals surface area contributed by atoms with Gasteiger partial charge in [-0.05, 0) is 36.8 Å². The number of para-hydroxylation sites is 1. The van der Waals surface area contributed by atoms with E-state index in [9.17, 15) is 14.4 Å². The van der Waals surface area contributed by atoms with Crippen LogP contribution in [0.3, 0.4) is 0 Å². The highest BCUT2D eigenvalue weighted by Crippen LogP contribution is 2.28. The van der Waals surface area contributed by atoms with Gasteiger partial charge in [-0.15, -0.1) is 0 Å². The molecule has 0 atom stereocenters. The summed E-state index contributed by atoms with van der Waals surface area (Å²) in [5.41, 5.74) is 2.77. The van der Waals surface area contributed by atoms with Gasteiger partial charge in [0.15, 0.2) is 6.61 Å². The third kappa shape index (κ3) is 6.13. The summed E-state index contributed by atoms with van der Waals surface area (Å²) in [6.45, 7) is 1.78. The number of anilines is 1. The second kappa shape index (κ2) is 11.5. The number of nitrogens with one attached hydrogen (secondary N) is 2. The van der Waals surface area contributed by atoms with Gasteiger partial charge in [0.25, 0.3) is 11.8 Å². The van der Waals surface area contributed by atoms with Crippen molar-refractivity contribution in [3.63, 3.8) is 0 Å². The summed E-state index contributed by atoms with van der Waals surface area (Å²) in [7, 11) is 2.83. The van der Waals surface area contributed by atoms with Gasteiger partial charge in [-0.1, -0.05) is 48.0 Å². The van der Waals surface area contributed by atoms with Crippen molar-refractivity contribution in [3.8, 4) is 11.5 Å². The van der Waals surface area contributed by atoms with Crippen LogP contribution in [-0.2, 0) is 16.1 Å². The van der Waals surface area contributed by atoms with Crippen LogP contribution in [0.2, 0.25) is 0 Å². The van der Waals surface area contributed by atoms with Crippen LogP contribution in [-0.4, -0.2) is 38.6 Å². The molecule has 2 amide bonds. The van der Waals surface area contributed by atoms with Crippen molar-refractivity contribution in [1.82, 2.24) is 5.32 Å². The molecule has 0 unspecified atom stereocenters. The summed E-state index contributed by atoms with van der Waals surface area (Å²) < 4.78 is 15.5. The number of ether oxygens (including phenoxy) is 3. The van der Waals surface area contributed by atoms with Crippen LogP contribution < -0.4 is 20.1 Å². The van der Waals surface area contributed by atoms with Gasteiger partial charge < -0.3 is 24.8 Å². The Bertz CT molecular complexity index is 1150. The van der Waals surface area contributed by atoms with Crippen molar-refractivity contribution in [3.05, 3.63) is 89.0 Å². The van der Waals surface area contributed by atoms with E-state index in [0.717, 1.165) is 11.1 Å². The number of carbonyl (C=O) groups excluding carboxylic acids is 3. The van der Waals surface area contributed by atoms with Crippen LogP contribution in [0.15, 0.2) is 66.7 Å². The molecule has 0 radical (unpaired) electrons. The van der Waals surface area contributed by atoms with Crippen LogP contribution in [0.1, 0.15) is 31.8 Å². The highest BCUT2D eigenvalue weighted by molar-refractivity contribution is 6.04. The standard InChI is InChI=1S/C26H26N2O6/c1-17-11-13-18(14-12-17)15-27-25(30)19-7-4-5-8-20(19)28-23(29)16-34-26(31)24-21(32-2)9-6-10-22(24)33-3/h4-14H,15-16H2,1-3H3,(H,27,30)(H,28,29). The molecule has 2 N–H and O–H groups in total. The molecular formula is C26H26N2O6. The number of esters is 1. The first-order valence-electron chi connectivity index (χ1n) is 10.5. The van der Waals surface area contributed by atoms with E-state index in [1.54, 1.807) is 42.5 Å². The normalized spacial score (nSPS) is 10.2. The number of methoxy groups -OCH3 is 2. The van der Waals surface area contributed by atoms with E-state index in [4.69, 9.17) is 14.2 Å². The molecule has 176 valence electrons. The SMILES string of the molecule is COc1cccc(OC)c1C(=O)OCC(=O)Nc1ccccc1C(=O)NCc1ccc(C)cc1. The Labute approximate surface area is 197 Å². The van der Waals surface area contributed by atoms with Gasteiger partial charge in [-0.3, -0.25) is 9.59 Å². The average molecular weight is 463 g/mol. The van der Waals surface area contributed by atoms with E-state index in [1.165, 1.54) is 14.2 Å². The molecule has 0 fully saturated rings. The lowest BCUT2D eigenvalue weighted by Crippen LogP contribution is -2.26. The zero-order valence-corrected chi connectivity index (χ0v) is 19.2. The monoisotopic (exact) mass is 462 g/mol. The Morgan fingerprint density at radius 3 is 2.12 bits per heavy atom. The van der Waals surface area contributed by atoms with E-state index in [-0.39, 0.29) is 23.0 Å². The minimum atomic E-state index is -0.770. The van der Waals surface area contributed by atoms with Gasteiger partial charge in [0, 0.05) is 6.54 Å². The van der Waals surface area contributed by atoms with Gasteiger partial charge in [-0.2, -0.15) is 0 Å². The Balaban J connectivity index is 1.62. The molecule has 0 aliphatic rings.